The molecule has 2 heterocycles. The van der Waals surface area contributed by atoms with E-state index < -0.39 is 0 Å². The topological polar surface area (TPSA) is 47.0 Å². The fraction of sp³-hybridized carbons (Fsp3) is 0.667. The van der Waals surface area contributed by atoms with E-state index in [1.165, 1.54) is 6.42 Å². The van der Waals surface area contributed by atoms with Crippen LogP contribution >= 0.6 is 0 Å². The Hall–Kier alpha value is -1.16. The van der Waals surface area contributed by atoms with Gasteiger partial charge in [-0.05, 0) is 19.4 Å². The Morgan fingerprint density at radius 1 is 1.50 bits per heavy atom. The van der Waals surface area contributed by atoms with E-state index in [0.29, 0.717) is 11.8 Å². The number of aromatic nitrogens is 2. The molecule has 1 fully saturated rings. The lowest BCUT2D eigenvalue weighted by Crippen LogP contribution is -2.16. The van der Waals surface area contributed by atoms with Gasteiger partial charge in [-0.1, -0.05) is 13.3 Å². The lowest BCUT2D eigenvalue weighted by atomic mass is 10.1. The van der Waals surface area contributed by atoms with E-state index in [4.69, 9.17) is 4.74 Å². The molecule has 1 atom stereocenters. The number of rotatable bonds is 5. The molecule has 4 heteroatoms. The van der Waals surface area contributed by atoms with Crippen molar-refractivity contribution < 1.29 is 4.74 Å². The molecule has 88 valence electrons. The van der Waals surface area contributed by atoms with E-state index >= 15 is 0 Å². The summed E-state index contributed by atoms with van der Waals surface area (Å²) in [7, 11) is 0. The van der Waals surface area contributed by atoms with Crippen LogP contribution in [0.25, 0.3) is 0 Å². The second-order valence-electron chi connectivity index (χ2n) is 4.27. The monoisotopic (exact) mass is 221 g/mol. The predicted octanol–water partition coefficient (Wildman–Crippen LogP) is 1.42. The summed E-state index contributed by atoms with van der Waals surface area (Å²) in [6.07, 6.45) is 4.88. The zero-order valence-electron chi connectivity index (χ0n) is 9.78. The molecule has 1 N–H and O–H groups in total. The van der Waals surface area contributed by atoms with Crippen LogP contribution in [0.15, 0.2) is 12.4 Å². The van der Waals surface area contributed by atoms with Crippen molar-refractivity contribution in [1.29, 1.82) is 0 Å². The first kappa shape index (κ1) is 11.3. The Balaban J connectivity index is 1.85. The van der Waals surface area contributed by atoms with Gasteiger partial charge in [0.05, 0.1) is 6.61 Å². The molecule has 0 aromatic carbocycles. The van der Waals surface area contributed by atoms with Crippen LogP contribution in [0.4, 0.5) is 0 Å². The second-order valence-corrected chi connectivity index (χ2v) is 4.27. The fourth-order valence-corrected chi connectivity index (χ4v) is 1.91. The van der Waals surface area contributed by atoms with Crippen molar-refractivity contribution in [1.82, 2.24) is 15.3 Å². The summed E-state index contributed by atoms with van der Waals surface area (Å²) < 4.78 is 5.69. The minimum absolute atomic E-state index is 0.629. The molecule has 4 nitrogen and oxygen atoms in total. The Bertz CT molecular complexity index is 324. The standard InChI is InChI=1S/C12H19N3O/c1-2-3-11-6-12(15-9-14-11)16-8-10-4-5-13-7-10/h6,9-10,13H,2-5,7-8H2,1H3. The van der Waals surface area contributed by atoms with Crippen molar-refractivity contribution in [3.05, 3.63) is 18.1 Å². The minimum atomic E-state index is 0.629. The molecule has 1 aliphatic heterocycles. The summed E-state index contributed by atoms with van der Waals surface area (Å²) in [6, 6.07) is 1.95. The van der Waals surface area contributed by atoms with Gasteiger partial charge in [0.1, 0.15) is 6.33 Å². The van der Waals surface area contributed by atoms with Crippen LogP contribution in [-0.2, 0) is 6.42 Å². The van der Waals surface area contributed by atoms with Crippen LogP contribution in [0.1, 0.15) is 25.5 Å². The molecule has 0 saturated carbocycles. The normalized spacial score (nSPS) is 19.9. The highest BCUT2D eigenvalue weighted by molar-refractivity contribution is 5.13. The number of ether oxygens (including phenoxy) is 1. The Morgan fingerprint density at radius 2 is 2.44 bits per heavy atom. The quantitative estimate of drug-likeness (QED) is 0.817. The van der Waals surface area contributed by atoms with Gasteiger partial charge in [0.25, 0.3) is 0 Å². The zero-order valence-corrected chi connectivity index (χ0v) is 9.78. The summed E-state index contributed by atoms with van der Waals surface area (Å²) in [5, 5.41) is 3.33. The maximum absolute atomic E-state index is 5.69. The van der Waals surface area contributed by atoms with E-state index in [-0.39, 0.29) is 0 Å². The summed E-state index contributed by atoms with van der Waals surface area (Å²) in [6.45, 7) is 5.08. The molecule has 0 aliphatic carbocycles. The number of hydrogen-bond donors (Lipinski definition) is 1. The summed E-state index contributed by atoms with van der Waals surface area (Å²) in [5.41, 5.74) is 1.07. The molecule has 1 unspecified atom stereocenters. The van der Waals surface area contributed by atoms with Crippen LogP contribution in [0.3, 0.4) is 0 Å². The van der Waals surface area contributed by atoms with Crippen LogP contribution in [0, 0.1) is 5.92 Å². The second kappa shape index (κ2) is 5.80. The van der Waals surface area contributed by atoms with Crippen LogP contribution < -0.4 is 10.1 Å². The molecular formula is C12H19N3O. The minimum Gasteiger partial charge on any atom is -0.477 e. The first-order valence-corrected chi connectivity index (χ1v) is 6.03. The number of nitrogens with one attached hydrogen (secondary N) is 1. The summed E-state index contributed by atoms with van der Waals surface area (Å²) >= 11 is 0. The van der Waals surface area contributed by atoms with Gasteiger partial charge in [-0.3, -0.25) is 0 Å². The first-order valence-electron chi connectivity index (χ1n) is 6.03. The van der Waals surface area contributed by atoms with Gasteiger partial charge in [0, 0.05) is 24.2 Å². The van der Waals surface area contributed by atoms with Gasteiger partial charge in [0.2, 0.25) is 5.88 Å². The number of aryl methyl sites for hydroxylation is 1. The fourth-order valence-electron chi connectivity index (χ4n) is 1.91. The van der Waals surface area contributed by atoms with Gasteiger partial charge >= 0.3 is 0 Å². The summed E-state index contributed by atoms with van der Waals surface area (Å²) in [4.78, 5) is 8.33. The molecule has 0 amide bonds. The maximum Gasteiger partial charge on any atom is 0.216 e. The van der Waals surface area contributed by atoms with Crippen molar-refractivity contribution in [2.75, 3.05) is 19.7 Å². The van der Waals surface area contributed by atoms with Crippen molar-refractivity contribution in [2.24, 2.45) is 5.92 Å². The predicted molar refractivity (Wildman–Crippen MR) is 62.5 cm³/mol. The van der Waals surface area contributed by atoms with E-state index in [2.05, 4.69) is 22.2 Å². The Labute approximate surface area is 96.4 Å². The summed E-state index contributed by atoms with van der Waals surface area (Å²) in [5.74, 6) is 1.34. The van der Waals surface area contributed by atoms with Crippen LogP contribution in [0.2, 0.25) is 0 Å². The van der Waals surface area contributed by atoms with Crippen LogP contribution in [-0.4, -0.2) is 29.7 Å². The largest absolute Gasteiger partial charge is 0.477 e. The SMILES string of the molecule is CCCc1cc(OCC2CCNC2)ncn1. The molecule has 1 aromatic heterocycles. The Morgan fingerprint density at radius 3 is 3.19 bits per heavy atom. The van der Waals surface area contributed by atoms with E-state index in [1.807, 2.05) is 6.07 Å². The van der Waals surface area contributed by atoms with E-state index in [0.717, 1.165) is 38.2 Å². The van der Waals surface area contributed by atoms with Crippen LogP contribution in [0.5, 0.6) is 5.88 Å². The molecule has 2 rings (SSSR count). The van der Waals surface area contributed by atoms with Crippen molar-refractivity contribution in [2.45, 2.75) is 26.2 Å². The maximum atomic E-state index is 5.69. The lowest BCUT2D eigenvalue weighted by Gasteiger charge is -2.10. The van der Waals surface area contributed by atoms with E-state index in [1.54, 1.807) is 6.33 Å². The molecule has 0 spiro atoms. The third-order valence-corrected chi connectivity index (χ3v) is 2.83. The highest BCUT2D eigenvalue weighted by atomic mass is 16.5. The van der Waals surface area contributed by atoms with Crippen molar-refractivity contribution in [3.63, 3.8) is 0 Å². The molecule has 0 bridgehead atoms. The van der Waals surface area contributed by atoms with Gasteiger partial charge in [-0.2, -0.15) is 0 Å². The average molecular weight is 221 g/mol. The lowest BCUT2D eigenvalue weighted by molar-refractivity contribution is 0.250. The molecule has 1 aliphatic rings. The molecule has 1 saturated heterocycles. The number of hydrogen-bond acceptors (Lipinski definition) is 4. The van der Waals surface area contributed by atoms with Crippen molar-refractivity contribution >= 4 is 0 Å². The third kappa shape index (κ3) is 3.17. The highest BCUT2D eigenvalue weighted by Crippen LogP contribution is 2.12. The Kier molecular flexibility index (Phi) is 4.10. The average Bonchev–Trinajstić information content (AvgIpc) is 2.80. The molecule has 1 aromatic rings. The van der Waals surface area contributed by atoms with E-state index in [9.17, 15) is 0 Å². The van der Waals surface area contributed by atoms with Gasteiger partial charge in [-0.25, -0.2) is 9.97 Å². The zero-order chi connectivity index (χ0) is 11.2. The first-order chi connectivity index (χ1) is 7.88. The molecule has 16 heavy (non-hydrogen) atoms. The van der Waals surface area contributed by atoms with Gasteiger partial charge in [0.15, 0.2) is 0 Å². The highest BCUT2D eigenvalue weighted by Gasteiger charge is 2.15. The number of nitrogens with zero attached hydrogens (tertiary/aromatic N) is 2. The smallest absolute Gasteiger partial charge is 0.216 e. The molecular weight excluding hydrogens is 202 g/mol. The molecule has 0 radical (unpaired) electrons. The van der Waals surface area contributed by atoms with Gasteiger partial charge < -0.3 is 10.1 Å². The van der Waals surface area contributed by atoms with Crippen molar-refractivity contribution in [3.8, 4) is 5.88 Å². The van der Waals surface area contributed by atoms with Gasteiger partial charge in [-0.15, -0.1) is 0 Å². The third-order valence-electron chi connectivity index (χ3n) is 2.83.